The summed E-state index contributed by atoms with van der Waals surface area (Å²) in [4.78, 5) is 0. The van der Waals surface area contributed by atoms with E-state index in [9.17, 15) is 0 Å². The minimum atomic E-state index is -0.583. The van der Waals surface area contributed by atoms with Crippen LogP contribution in [0.25, 0.3) is 0 Å². The smallest absolute Gasteiger partial charge is 0.197 e. The molecule has 2 spiro atoms. The fourth-order valence-electron chi connectivity index (χ4n) is 3.17. The lowest BCUT2D eigenvalue weighted by Gasteiger charge is -2.50. The molecule has 3 fully saturated rings. The van der Waals surface area contributed by atoms with E-state index >= 15 is 0 Å². The van der Waals surface area contributed by atoms with Gasteiger partial charge in [-0.25, -0.2) is 0 Å². The third-order valence-corrected chi connectivity index (χ3v) is 5.18. The molecule has 2 atom stereocenters. The van der Waals surface area contributed by atoms with Gasteiger partial charge in [0.15, 0.2) is 11.6 Å². The van der Waals surface area contributed by atoms with Gasteiger partial charge in [-0.3, -0.25) is 0 Å². The molecular weight excluding hydrogens is 232 g/mol. The Hall–Kier alpha value is -0.160. The standard InChI is InChI=1S/C14H24O4/c1-11(2)5-7-15-13(11)9-18-14(10-17-13)12(3,4)6-8-16-14/h5-10H2,1-4H3/t13-,14+. The molecule has 0 amide bonds. The van der Waals surface area contributed by atoms with Crippen molar-refractivity contribution >= 4 is 0 Å². The normalized spacial score (nSPS) is 46.0. The molecule has 0 bridgehead atoms. The van der Waals surface area contributed by atoms with Gasteiger partial charge in [0.2, 0.25) is 0 Å². The second kappa shape index (κ2) is 3.69. The molecule has 0 aromatic heterocycles. The van der Waals surface area contributed by atoms with Gasteiger partial charge in [-0.15, -0.1) is 0 Å². The first kappa shape index (κ1) is 12.9. The van der Waals surface area contributed by atoms with Crippen molar-refractivity contribution in [3.8, 4) is 0 Å². The first-order valence-electron chi connectivity index (χ1n) is 6.89. The fraction of sp³-hybridized carbons (Fsp3) is 1.00. The van der Waals surface area contributed by atoms with Gasteiger partial charge in [0.25, 0.3) is 0 Å². The maximum atomic E-state index is 6.14. The molecule has 3 heterocycles. The molecule has 0 aromatic rings. The number of hydrogen-bond donors (Lipinski definition) is 0. The van der Waals surface area contributed by atoms with E-state index in [1.165, 1.54) is 0 Å². The predicted octanol–water partition coefficient (Wildman–Crippen LogP) is 2.32. The summed E-state index contributed by atoms with van der Waals surface area (Å²) in [7, 11) is 0. The Bertz CT molecular complexity index is 306. The predicted molar refractivity (Wildman–Crippen MR) is 66.1 cm³/mol. The van der Waals surface area contributed by atoms with Crippen LogP contribution in [0, 0.1) is 10.8 Å². The van der Waals surface area contributed by atoms with Crippen molar-refractivity contribution in [2.75, 3.05) is 26.4 Å². The van der Waals surface area contributed by atoms with E-state index in [0.29, 0.717) is 13.2 Å². The highest BCUT2D eigenvalue weighted by atomic mass is 16.8. The summed E-state index contributed by atoms with van der Waals surface area (Å²) in [5.41, 5.74) is -0.00524. The van der Waals surface area contributed by atoms with Gasteiger partial charge in [0, 0.05) is 10.8 Å². The molecule has 3 aliphatic heterocycles. The maximum Gasteiger partial charge on any atom is 0.197 e. The van der Waals surface area contributed by atoms with E-state index in [0.717, 1.165) is 26.1 Å². The SMILES string of the molecule is CC1(C)CCO[C@]12CO[C@@]1(CO2)OCCC1(C)C. The summed E-state index contributed by atoms with van der Waals surface area (Å²) < 4.78 is 24.0. The number of rotatable bonds is 0. The first-order chi connectivity index (χ1) is 8.33. The zero-order chi connectivity index (χ0) is 13.1. The van der Waals surface area contributed by atoms with Crippen LogP contribution in [0.2, 0.25) is 0 Å². The topological polar surface area (TPSA) is 36.9 Å². The van der Waals surface area contributed by atoms with Crippen molar-refractivity contribution in [2.24, 2.45) is 10.8 Å². The van der Waals surface area contributed by atoms with Gasteiger partial charge in [0.05, 0.1) is 13.2 Å². The van der Waals surface area contributed by atoms with Crippen LogP contribution >= 0.6 is 0 Å². The van der Waals surface area contributed by atoms with Crippen molar-refractivity contribution in [3.05, 3.63) is 0 Å². The summed E-state index contributed by atoms with van der Waals surface area (Å²) in [6.07, 6.45) is 2.02. The molecule has 104 valence electrons. The van der Waals surface area contributed by atoms with Crippen LogP contribution in [-0.4, -0.2) is 38.0 Å². The molecule has 4 heteroatoms. The average Bonchev–Trinajstić information content (AvgIpc) is 2.72. The Morgan fingerprint density at radius 2 is 1.00 bits per heavy atom. The second-order valence-electron chi connectivity index (χ2n) is 7.05. The molecule has 0 saturated carbocycles. The average molecular weight is 256 g/mol. The van der Waals surface area contributed by atoms with Crippen LogP contribution in [0.1, 0.15) is 40.5 Å². The van der Waals surface area contributed by atoms with Crippen molar-refractivity contribution in [3.63, 3.8) is 0 Å². The van der Waals surface area contributed by atoms with E-state index in [4.69, 9.17) is 18.9 Å². The summed E-state index contributed by atoms with van der Waals surface area (Å²) in [6, 6.07) is 0. The molecule has 0 aromatic carbocycles. The lowest BCUT2D eigenvalue weighted by atomic mass is 9.79. The van der Waals surface area contributed by atoms with Crippen LogP contribution in [-0.2, 0) is 18.9 Å². The fourth-order valence-corrected chi connectivity index (χ4v) is 3.17. The Balaban J connectivity index is 1.79. The summed E-state index contributed by atoms with van der Waals surface area (Å²) in [5.74, 6) is -1.17. The Morgan fingerprint density at radius 3 is 1.22 bits per heavy atom. The van der Waals surface area contributed by atoms with E-state index in [2.05, 4.69) is 27.7 Å². The molecule has 4 nitrogen and oxygen atoms in total. The van der Waals surface area contributed by atoms with E-state index in [-0.39, 0.29) is 10.8 Å². The summed E-state index contributed by atoms with van der Waals surface area (Å²) in [6.45, 7) is 11.1. The maximum absolute atomic E-state index is 6.14. The van der Waals surface area contributed by atoms with E-state index in [1.807, 2.05) is 0 Å². The molecule has 3 saturated heterocycles. The van der Waals surface area contributed by atoms with E-state index in [1.54, 1.807) is 0 Å². The summed E-state index contributed by atoms with van der Waals surface area (Å²) >= 11 is 0. The Morgan fingerprint density at radius 1 is 0.611 bits per heavy atom. The third-order valence-electron chi connectivity index (χ3n) is 5.18. The minimum Gasteiger partial charge on any atom is -0.347 e. The highest BCUT2D eigenvalue weighted by molar-refractivity contribution is 5.00. The number of hydrogen-bond acceptors (Lipinski definition) is 4. The molecule has 3 aliphatic rings. The monoisotopic (exact) mass is 256 g/mol. The van der Waals surface area contributed by atoms with Crippen molar-refractivity contribution in [2.45, 2.75) is 52.1 Å². The van der Waals surface area contributed by atoms with Crippen LogP contribution < -0.4 is 0 Å². The molecule has 0 N–H and O–H groups in total. The van der Waals surface area contributed by atoms with Crippen molar-refractivity contribution in [1.29, 1.82) is 0 Å². The molecule has 0 aliphatic carbocycles. The van der Waals surface area contributed by atoms with Gasteiger partial charge in [0.1, 0.15) is 13.2 Å². The molecule has 0 unspecified atom stereocenters. The lowest BCUT2D eigenvalue weighted by molar-refractivity contribution is -0.402. The zero-order valence-electron chi connectivity index (χ0n) is 11.9. The lowest BCUT2D eigenvalue weighted by Crippen LogP contribution is -2.62. The molecular formula is C14H24O4. The van der Waals surface area contributed by atoms with Crippen LogP contribution in [0.3, 0.4) is 0 Å². The summed E-state index contributed by atoms with van der Waals surface area (Å²) in [5, 5.41) is 0. The highest BCUT2D eigenvalue weighted by Gasteiger charge is 2.62. The molecule has 0 radical (unpaired) electrons. The van der Waals surface area contributed by atoms with Crippen LogP contribution in [0.5, 0.6) is 0 Å². The Kier molecular flexibility index (Phi) is 2.63. The largest absolute Gasteiger partial charge is 0.347 e. The van der Waals surface area contributed by atoms with Crippen molar-refractivity contribution in [1.82, 2.24) is 0 Å². The quantitative estimate of drug-likeness (QED) is 0.666. The minimum absolute atomic E-state index is 0.00262. The first-order valence-corrected chi connectivity index (χ1v) is 6.89. The van der Waals surface area contributed by atoms with Crippen LogP contribution in [0.15, 0.2) is 0 Å². The van der Waals surface area contributed by atoms with Gasteiger partial charge in [-0.05, 0) is 12.8 Å². The van der Waals surface area contributed by atoms with Gasteiger partial charge < -0.3 is 18.9 Å². The second-order valence-corrected chi connectivity index (χ2v) is 7.05. The number of ether oxygens (including phenoxy) is 4. The van der Waals surface area contributed by atoms with Gasteiger partial charge >= 0.3 is 0 Å². The van der Waals surface area contributed by atoms with Gasteiger partial charge in [-0.1, -0.05) is 27.7 Å². The van der Waals surface area contributed by atoms with Crippen LogP contribution in [0.4, 0.5) is 0 Å². The van der Waals surface area contributed by atoms with Gasteiger partial charge in [-0.2, -0.15) is 0 Å². The van der Waals surface area contributed by atoms with E-state index < -0.39 is 11.6 Å². The Labute approximate surface area is 109 Å². The zero-order valence-corrected chi connectivity index (χ0v) is 11.9. The highest BCUT2D eigenvalue weighted by Crippen LogP contribution is 2.52. The molecule has 18 heavy (non-hydrogen) atoms. The molecule has 3 rings (SSSR count). The van der Waals surface area contributed by atoms with Crippen molar-refractivity contribution < 1.29 is 18.9 Å². The third kappa shape index (κ3) is 1.52.